The van der Waals surface area contributed by atoms with Crippen molar-refractivity contribution in [1.82, 2.24) is 4.98 Å². The van der Waals surface area contributed by atoms with Crippen LogP contribution in [0.1, 0.15) is 13.3 Å². The molecule has 0 aliphatic heterocycles. The number of hydrogen-bond donors (Lipinski definition) is 1. The number of rotatable bonds is 5. The average Bonchev–Trinajstić information content (AvgIpc) is 2.16. The predicted molar refractivity (Wildman–Crippen MR) is 60.9 cm³/mol. The van der Waals surface area contributed by atoms with Gasteiger partial charge in [-0.3, -0.25) is 4.21 Å². The lowest BCUT2D eigenvalue weighted by Gasteiger charge is -2.13. The van der Waals surface area contributed by atoms with Crippen molar-refractivity contribution in [1.29, 1.82) is 0 Å². The fourth-order valence-electron chi connectivity index (χ4n) is 1.12. The van der Waals surface area contributed by atoms with Gasteiger partial charge in [0.1, 0.15) is 5.82 Å². The van der Waals surface area contributed by atoms with Crippen molar-refractivity contribution in [2.45, 2.75) is 19.4 Å². The van der Waals surface area contributed by atoms with E-state index in [1.165, 1.54) is 0 Å². The quantitative estimate of drug-likeness (QED) is 0.807. The molecule has 14 heavy (non-hydrogen) atoms. The Labute approximate surface area is 87.4 Å². The van der Waals surface area contributed by atoms with Crippen LogP contribution < -0.4 is 5.32 Å². The Hall–Kier alpha value is -0.900. The zero-order valence-electron chi connectivity index (χ0n) is 8.56. The average molecular weight is 212 g/mol. The van der Waals surface area contributed by atoms with E-state index in [2.05, 4.69) is 17.2 Å². The van der Waals surface area contributed by atoms with Crippen LogP contribution in [-0.2, 0) is 10.8 Å². The van der Waals surface area contributed by atoms with Gasteiger partial charge in [0.05, 0.1) is 0 Å². The number of anilines is 1. The second-order valence-electron chi connectivity index (χ2n) is 3.33. The molecule has 1 rings (SSSR count). The van der Waals surface area contributed by atoms with Gasteiger partial charge in [0, 0.05) is 35.0 Å². The molecule has 0 fully saturated rings. The molecule has 1 heterocycles. The number of nitrogens with one attached hydrogen (secondary N) is 1. The molecule has 0 aliphatic rings. The number of aromatic nitrogens is 1. The molecular weight excluding hydrogens is 196 g/mol. The summed E-state index contributed by atoms with van der Waals surface area (Å²) in [6, 6.07) is 6.07. The SMILES string of the molecule is CC(CCS(C)=O)Nc1ccccn1. The van der Waals surface area contributed by atoms with Crippen LogP contribution in [0, 0.1) is 0 Å². The molecule has 1 aromatic heterocycles. The standard InChI is InChI=1S/C10H16N2OS/c1-9(6-8-14(2)13)12-10-5-3-4-7-11-10/h3-5,7,9H,6,8H2,1-2H3,(H,11,12). The maximum absolute atomic E-state index is 10.9. The first-order valence-electron chi connectivity index (χ1n) is 4.66. The van der Waals surface area contributed by atoms with E-state index in [0.29, 0.717) is 6.04 Å². The van der Waals surface area contributed by atoms with Crippen LogP contribution in [0.5, 0.6) is 0 Å². The van der Waals surface area contributed by atoms with Crippen molar-refractivity contribution in [3.63, 3.8) is 0 Å². The molecule has 0 aromatic carbocycles. The lowest BCUT2D eigenvalue weighted by Crippen LogP contribution is -2.18. The molecule has 0 saturated carbocycles. The Kier molecular flexibility index (Phi) is 4.59. The second-order valence-corrected chi connectivity index (χ2v) is 4.88. The van der Waals surface area contributed by atoms with Crippen molar-refractivity contribution in [2.24, 2.45) is 0 Å². The molecule has 1 aromatic rings. The Balaban J connectivity index is 2.34. The zero-order valence-corrected chi connectivity index (χ0v) is 9.38. The van der Waals surface area contributed by atoms with Gasteiger partial charge in [0.15, 0.2) is 0 Å². The molecule has 2 unspecified atom stereocenters. The summed E-state index contributed by atoms with van der Waals surface area (Å²) in [5, 5.41) is 3.25. The van der Waals surface area contributed by atoms with E-state index in [0.717, 1.165) is 18.0 Å². The highest BCUT2D eigenvalue weighted by atomic mass is 32.2. The van der Waals surface area contributed by atoms with E-state index in [1.807, 2.05) is 18.2 Å². The van der Waals surface area contributed by atoms with E-state index >= 15 is 0 Å². The van der Waals surface area contributed by atoms with Gasteiger partial charge in [-0.2, -0.15) is 0 Å². The summed E-state index contributed by atoms with van der Waals surface area (Å²) in [4.78, 5) is 4.16. The molecule has 2 atom stereocenters. The minimum atomic E-state index is -0.705. The fraction of sp³-hybridized carbons (Fsp3) is 0.500. The third kappa shape index (κ3) is 4.37. The van der Waals surface area contributed by atoms with Crippen LogP contribution in [-0.4, -0.2) is 27.2 Å². The van der Waals surface area contributed by atoms with Gasteiger partial charge in [0.25, 0.3) is 0 Å². The highest BCUT2D eigenvalue weighted by Crippen LogP contribution is 2.04. The summed E-state index contributed by atoms with van der Waals surface area (Å²) in [6.45, 7) is 2.07. The maximum atomic E-state index is 10.9. The summed E-state index contributed by atoms with van der Waals surface area (Å²) in [5.74, 6) is 1.61. The number of hydrogen-bond acceptors (Lipinski definition) is 3. The third-order valence-electron chi connectivity index (χ3n) is 1.90. The van der Waals surface area contributed by atoms with Gasteiger partial charge in [-0.15, -0.1) is 0 Å². The zero-order chi connectivity index (χ0) is 10.4. The summed E-state index contributed by atoms with van der Waals surface area (Å²) < 4.78 is 10.9. The van der Waals surface area contributed by atoms with Crippen LogP contribution in [0.15, 0.2) is 24.4 Å². The van der Waals surface area contributed by atoms with Crippen molar-refractivity contribution < 1.29 is 4.21 Å². The largest absolute Gasteiger partial charge is 0.368 e. The Morgan fingerprint density at radius 1 is 1.57 bits per heavy atom. The van der Waals surface area contributed by atoms with E-state index in [-0.39, 0.29) is 0 Å². The third-order valence-corrected chi connectivity index (χ3v) is 2.71. The molecule has 0 spiro atoms. The summed E-state index contributed by atoms with van der Waals surface area (Å²) in [6.07, 6.45) is 4.39. The number of pyridine rings is 1. The first-order valence-corrected chi connectivity index (χ1v) is 6.39. The van der Waals surface area contributed by atoms with E-state index in [4.69, 9.17) is 0 Å². The molecule has 0 aliphatic carbocycles. The molecule has 4 heteroatoms. The summed E-state index contributed by atoms with van der Waals surface area (Å²) >= 11 is 0. The molecule has 1 N–H and O–H groups in total. The maximum Gasteiger partial charge on any atom is 0.126 e. The van der Waals surface area contributed by atoms with Gasteiger partial charge in [-0.1, -0.05) is 6.07 Å². The van der Waals surface area contributed by atoms with Crippen LogP contribution in [0.25, 0.3) is 0 Å². The van der Waals surface area contributed by atoms with Crippen molar-refractivity contribution in [3.8, 4) is 0 Å². The first kappa shape index (κ1) is 11.2. The monoisotopic (exact) mass is 212 g/mol. The minimum absolute atomic E-state index is 0.314. The summed E-state index contributed by atoms with van der Waals surface area (Å²) in [5.41, 5.74) is 0. The summed E-state index contributed by atoms with van der Waals surface area (Å²) in [7, 11) is -0.705. The topological polar surface area (TPSA) is 42.0 Å². The predicted octanol–water partition coefficient (Wildman–Crippen LogP) is 1.65. The Morgan fingerprint density at radius 2 is 2.36 bits per heavy atom. The molecule has 0 bridgehead atoms. The highest BCUT2D eigenvalue weighted by Gasteiger charge is 2.02. The van der Waals surface area contributed by atoms with Crippen LogP contribution in [0.4, 0.5) is 5.82 Å². The first-order chi connectivity index (χ1) is 6.68. The van der Waals surface area contributed by atoms with E-state index in [1.54, 1.807) is 12.5 Å². The van der Waals surface area contributed by atoms with Crippen molar-refractivity contribution >= 4 is 16.6 Å². The van der Waals surface area contributed by atoms with Crippen molar-refractivity contribution in [2.75, 3.05) is 17.3 Å². The molecule has 0 amide bonds. The van der Waals surface area contributed by atoms with Gasteiger partial charge in [0.2, 0.25) is 0 Å². The van der Waals surface area contributed by atoms with Crippen molar-refractivity contribution in [3.05, 3.63) is 24.4 Å². The molecule has 3 nitrogen and oxygen atoms in total. The van der Waals surface area contributed by atoms with Gasteiger partial charge >= 0.3 is 0 Å². The van der Waals surface area contributed by atoms with Crippen LogP contribution >= 0.6 is 0 Å². The molecule has 0 saturated heterocycles. The molecule has 78 valence electrons. The smallest absolute Gasteiger partial charge is 0.126 e. The molecular formula is C10H16N2OS. The Bertz CT molecular complexity index is 289. The highest BCUT2D eigenvalue weighted by molar-refractivity contribution is 7.84. The lowest BCUT2D eigenvalue weighted by atomic mass is 10.2. The Morgan fingerprint density at radius 3 is 2.93 bits per heavy atom. The van der Waals surface area contributed by atoms with Crippen LogP contribution in [0.3, 0.4) is 0 Å². The lowest BCUT2D eigenvalue weighted by molar-refractivity contribution is 0.678. The number of nitrogens with zero attached hydrogens (tertiary/aromatic N) is 1. The molecule has 0 radical (unpaired) electrons. The minimum Gasteiger partial charge on any atom is -0.368 e. The van der Waals surface area contributed by atoms with E-state index < -0.39 is 10.8 Å². The van der Waals surface area contributed by atoms with E-state index in [9.17, 15) is 4.21 Å². The second kappa shape index (κ2) is 5.75. The van der Waals surface area contributed by atoms with Gasteiger partial charge in [-0.25, -0.2) is 4.98 Å². The fourth-order valence-corrected chi connectivity index (χ4v) is 1.80. The van der Waals surface area contributed by atoms with Crippen LogP contribution in [0.2, 0.25) is 0 Å². The van der Waals surface area contributed by atoms with Gasteiger partial charge < -0.3 is 5.32 Å². The normalized spacial score (nSPS) is 14.7. The van der Waals surface area contributed by atoms with Gasteiger partial charge in [-0.05, 0) is 25.5 Å².